The third kappa shape index (κ3) is 3.37. The lowest BCUT2D eigenvalue weighted by molar-refractivity contribution is -0.121. The Hall–Kier alpha value is -1.40. The first-order valence-electron chi connectivity index (χ1n) is 6.39. The zero-order chi connectivity index (χ0) is 14.7. The van der Waals surface area contributed by atoms with E-state index in [-0.39, 0.29) is 17.8 Å². The molecule has 1 heterocycles. The molecule has 1 aliphatic rings. The molecule has 1 aliphatic heterocycles. The summed E-state index contributed by atoms with van der Waals surface area (Å²) in [6, 6.07) is 5.39. The fourth-order valence-corrected chi connectivity index (χ4v) is 2.87. The zero-order valence-electron chi connectivity index (χ0n) is 11.3. The van der Waals surface area contributed by atoms with Crippen molar-refractivity contribution in [3.05, 3.63) is 33.8 Å². The highest BCUT2D eigenvalue weighted by molar-refractivity contribution is 9.10. The molecule has 20 heavy (non-hydrogen) atoms. The van der Waals surface area contributed by atoms with Crippen LogP contribution in [0.25, 0.3) is 0 Å². The third-order valence-electron chi connectivity index (χ3n) is 3.54. The van der Waals surface area contributed by atoms with Crippen LogP contribution >= 0.6 is 15.9 Å². The van der Waals surface area contributed by atoms with Gasteiger partial charge in [-0.15, -0.1) is 0 Å². The Morgan fingerprint density at radius 2 is 2.25 bits per heavy atom. The van der Waals surface area contributed by atoms with Gasteiger partial charge in [0.1, 0.15) is 0 Å². The number of benzene rings is 1. The van der Waals surface area contributed by atoms with E-state index in [0.717, 1.165) is 29.5 Å². The summed E-state index contributed by atoms with van der Waals surface area (Å²) in [7, 11) is 1.36. The fraction of sp³-hybridized carbons (Fsp3) is 0.429. The van der Waals surface area contributed by atoms with Crippen molar-refractivity contribution in [2.45, 2.75) is 13.0 Å². The Labute approximate surface area is 126 Å². The molecule has 1 aromatic carbocycles. The first-order chi connectivity index (χ1) is 9.51. The zero-order valence-corrected chi connectivity index (χ0v) is 12.9. The lowest BCUT2D eigenvalue weighted by Crippen LogP contribution is -2.27. The number of likely N-dealkylation sites (tertiary alicyclic amines) is 1. The van der Waals surface area contributed by atoms with Crippen molar-refractivity contribution in [1.82, 2.24) is 4.90 Å². The van der Waals surface area contributed by atoms with E-state index in [1.807, 2.05) is 6.07 Å². The van der Waals surface area contributed by atoms with Crippen LogP contribution in [-0.2, 0) is 16.1 Å². The quantitative estimate of drug-likeness (QED) is 0.844. The molecule has 0 spiro atoms. The average Bonchev–Trinajstić information content (AvgIpc) is 2.89. The molecule has 0 radical (unpaired) electrons. The van der Waals surface area contributed by atoms with Gasteiger partial charge in [-0.3, -0.25) is 9.69 Å². The van der Waals surface area contributed by atoms with E-state index in [0.29, 0.717) is 12.1 Å². The molecule has 2 rings (SSSR count). The first-order valence-corrected chi connectivity index (χ1v) is 7.19. The van der Waals surface area contributed by atoms with Crippen LogP contribution in [0.1, 0.15) is 22.3 Å². The molecular formula is C14H17BrN2O3. The van der Waals surface area contributed by atoms with Gasteiger partial charge in [-0.1, -0.05) is 22.0 Å². The van der Waals surface area contributed by atoms with Gasteiger partial charge < -0.3 is 10.5 Å². The molecule has 1 saturated heterocycles. The lowest BCUT2D eigenvalue weighted by atomic mass is 10.1. The number of halogens is 1. The predicted molar refractivity (Wildman–Crippen MR) is 78.1 cm³/mol. The van der Waals surface area contributed by atoms with Gasteiger partial charge in [0, 0.05) is 17.6 Å². The van der Waals surface area contributed by atoms with Crippen LogP contribution in [0.3, 0.4) is 0 Å². The number of hydrogen-bond donors (Lipinski definition) is 1. The van der Waals surface area contributed by atoms with Crippen molar-refractivity contribution in [3.63, 3.8) is 0 Å². The number of ether oxygens (including phenoxy) is 1. The molecule has 0 saturated carbocycles. The minimum Gasteiger partial charge on any atom is -0.465 e. The third-order valence-corrected chi connectivity index (χ3v) is 4.28. The number of carbonyl (C=O) groups is 2. The number of rotatable bonds is 4. The minimum absolute atomic E-state index is 0.0527. The van der Waals surface area contributed by atoms with Crippen molar-refractivity contribution in [2.24, 2.45) is 11.7 Å². The molecule has 1 aromatic rings. The highest BCUT2D eigenvalue weighted by Gasteiger charge is 2.26. The van der Waals surface area contributed by atoms with Crippen molar-refractivity contribution < 1.29 is 14.3 Å². The number of carbonyl (C=O) groups excluding carboxylic acids is 2. The lowest BCUT2D eigenvalue weighted by Gasteiger charge is -2.16. The Balaban J connectivity index is 2.04. The van der Waals surface area contributed by atoms with Gasteiger partial charge in [-0.2, -0.15) is 0 Å². The predicted octanol–water partition coefficient (Wildman–Crippen LogP) is 1.54. The van der Waals surface area contributed by atoms with E-state index in [9.17, 15) is 9.59 Å². The van der Waals surface area contributed by atoms with Crippen LogP contribution < -0.4 is 5.73 Å². The molecule has 1 amide bonds. The highest BCUT2D eigenvalue weighted by atomic mass is 79.9. The Bertz CT molecular complexity index is 533. The molecule has 1 unspecified atom stereocenters. The number of nitrogens with two attached hydrogens (primary N) is 1. The molecule has 6 heteroatoms. The number of hydrogen-bond acceptors (Lipinski definition) is 4. The summed E-state index contributed by atoms with van der Waals surface area (Å²) in [5.41, 5.74) is 6.91. The number of methoxy groups -OCH3 is 1. The fourth-order valence-electron chi connectivity index (χ4n) is 2.37. The van der Waals surface area contributed by atoms with E-state index in [4.69, 9.17) is 5.73 Å². The average molecular weight is 341 g/mol. The summed E-state index contributed by atoms with van der Waals surface area (Å²) >= 11 is 3.47. The monoisotopic (exact) mass is 340 g/mol. The molecule has 1 fully saturated rings. The molecular weight excluding hydrogens is 324 g/mol. The minimum atomic E-state index is -0.354. The molecule has 0 aliphatic carbocycles. The van der Waals surface area contributed by atoms with Gasteiger partial charge in [0.05, 0.1) is 18.6 Å². The second-order valence-electron chi connectivity index (χ2n) is 4.92. The molecule has 0 bridgehead atoms. The Morgan fingerprint density at radius 1 is 1.50 bits per heavy atom. The first kappa shape index (κ1) is 15.0. The number of amides is 1. The smallest absolute Gasteiger partial charge is 0.337 e. The van der Waals surface area contributed by atoms with Crippen molar-refractivity contribution in [1.29, 1.82) is 0 Å². The Kier molecular flexibility index (Phi) is 4.77. The summed E-state index contributed by atoms with van der Waals surface area (Å²) in [5.74, 6) is -0.636. The maximum absolute atomic E-state index is 11.4. The summed E-state index contributed by atoms with van der Waals surface area (Å²) in [6.07, 6.45) is 0.813. The summed E-state index contributed by atoms with van der Waals surface area (Å²) in [6.45, 7) is 2.28. The Morgan fingerprint density at radius 3 is 2.80 bits per heavy atom. The van der Waals surface area contributed by atoms with Crippen LogP contribution in [-0.4, -0.2) is 37.0 Å². The van der Waals surface area contributed by atoms with Gasteiger partial charge in [0.15, 0.2) is 0 Å². The number of nitrogens with zero attached hydrogens (tertiary/aromatic N) is 1. The van der Waals surface area contributed by atoms with Crippen LogP contribution in [0.2, 0.25) is 0 Å². The summed E-state index contributed by atoms with van der Waals surface area (Å²) in [4.78, 5) is 24.8. The van der Waals surface area contributed by atoms with E-state index in [2.05, 4.69) is 25.6 Å². The second kappa shape index (κ2) is 6.37. The number of esters is 1. The molecule has 108 valence electrons. The van der Waals surface area contributed by atoms with Crippen LogP contribution in [0.15, 0.2) is 22.7 Å². The maximum Gasteiger partial charge on any atom is 0.337 e. The van der Waals surface area contributed by atoms with Crippen LogP contribution in [0.4, 0.5) is 0 Å². The largest absolute Gasteiger partial charge is 0.465 e. The molecule has 1 atom stereocenters. The highest BCUT2D eigenvalue weighted by Crippen LogP contribution is 2.24. The van der Waals surface area contributed by atoms with E-state index in [1.165, 1.54) is 7.11 Å². The van der Waals surface area contributed by atoms with Gasteiger partial charge >= 0.3 is 5.97 Å². The van der Waals surface area contributed by atoms with Gasteiger partial charge in [0.25, 0.3) is 0 Å². The number of primary amides is 1. The molecule has 2 N–H and O–H groups in total. The van der Waals surface area contributed by atoms with E-state index < -0.39 is 0 Å². The van der Waals surface area contributed by atoms with Crippen LogP contribution in [0, 0.1) is 5.92 Å². The van der Waals surface area contributed by atoms with Gasteiger partial charge in [0.2, 0.25) is 5.91 Å². The van der Waals surface area contributed by atoms with Gasteiger partial charge in [-0.25, -0.2) is 4.79 Å². The maximum atomic E-state index is 11.4. The van der Waals surface area contributed by atoms with Crippen molar-refractivity contribution in [2.75, 3.05) is 20.2 Å². The molecule has 5 nitrogen and oxygen atoms in total. The second-order valence-corrected chi connectivity index (χ2v) is 5.78. The normalized spacial score (nSPS) is 19.0. The topological polar surface area (TPSA) is 72.6 Å². The van der Waals surface area contributed by atoms with Gasteiger partial charge in [-0.05, 0) is 30.7 Å². The van der Waals surface area contributed by atoms with E-state index in [1.54, 1.807) is 12.1 Å². The SMILES string of the molecule is COC(=O)c1ccc(CN2CCC(C(N)=O)C2)c(Br)c1. The summed E-state index contributed by atoms with van der Waals surface area (Å²) in [5, 5.41) is 0. The summed E-state index contributed by atoms with van der Waals surface area (Å²) < 4.78 is 5.55. The van der Waals surface area contributed by atoms with E-state index >= 15 is 0 Å². The van der Waals surface area contributed by atoms with Crippen molar-refractivity contribution >= 4 is 27.8 Å². The van der Waals surface area contributed by atoms with Crippen LogP contribution in [0.5, 0.6) is 0 Å². The standard InChI is InChI=1S/C14H17BrN2O3/c1-20-14(19)9-2-3-10(12(15)6-9)7-17-5-4-11(8-17)13(16)18/h2-3,6,11H,4-5,7-8H2,1H3,(H2,16,18). The molecule has 0 aromatic heterocycles. The van der Waals surface area contributed by atoms with Crippen molar-refractivity contribution in [3.8, 4) is 0 Å².